The van der Waals surface area contributed by atoms with E-state index in [1.165, 1.54) is 0 Å². The Morgan fingerprint density at radius 3 is 2.78 bits per heavy atom. The molecule has 0 amide bonds. The summed E-state index contributed by atoms with van der Waals surface area (Å²) in [6, 6.07) is 7.70. The zero-order valence-corrected chi connectivity index (χ0v) is 14.0. The Morgan fingerprint density at radius 2 is 2.09 bits per heavy atom. The predicted octanol–water partition coefficient (Wildman–Crippen LogP) is 3.10. The quantitative estimate of drug-likeness (QED) is 0.688. The van der Waals surface area contributed by atoms with Gasteiger partial charge in [-0.1, -0.05) is 18.2 Å². The van der Waals surface area contributed by atoms with Gasteiger partial charge in [0.1, 0.15) is 5.75 Å². The molecule has 1 aliphatic heterocycles. The monoisotopic (exact) mass is 322 g/mol. The minimum atomic E-state index is -0.614. The number of rotatable bonds is 8. The van der Waals surface area contributed by atoms with Crippen molar-refractivity contribution < 1.29 is 23.7 Å². The van der Waals surface area contributed by atoms with Gasteiger partial charge < -0.3 is 18.9 Å². The van der Waals surface area contributed by atoms with Crippen LogP contribution in [0.1, 0.15) is 38.7 Å². The molecular formula is C18H26O5. The Kier molecular flexibility index (Phi) is 7.36. The summed E-state index contributed by atoms with van der Waals surface area (Å²) in [6.45, 7) is 5.19. The first-order chi connectivity index (χ1) is 11.2. The van der Waals surface area contributed by atoms with E-state index in [1.54, 1.807) is 6.92 Å². The van der Waals surface area contributed by atoms with Crippen LogP contribution in [0.25, 0.3) is 0 Å². The second-order valence-corrected chi connectivity index (χ2v) is 5.42. The summed E-state index contributed by atoms with van der Waals surface area (Å²) in [6.07, 6.45) is 2.68. The molecule has 1 saturated heterocycles. The minimum absolute atomic E-state index is 0.210. The summed E-state index contributed by atoms with van der Waals surface area (Å²) in [4.78, 5) is 12.0. The molecule has 0 spiro atoms. The van der Waals surface area contributed by atoms with Gasteiger partial charge in [0.05, 0.1) is 13.2 Å². The third kappa shape index (κ3) is 5.52. The van der Waals surface area contributed by atoms with Crippen LogP contribution >= 0.6 is 0 Å². The summed E-state index contributed by atoms with van der Waals surface area (Å²) in [5.74, 6) is 0.409. The van der Waals surface area contributed by atoms with Crippen LogP contribution in [0.2, 0.25) is 0 Å². The molecule has 5 heteroatoms. The van der Waals surface area contributed by atoms with Crippen molar-refractivity contribution in [2.45, 2.75) is 51.9 Å². The van der Waals surface area contributed by atoms with E-state index < -0.39 is 6.10 Å². The van der Waals surface area contributed by atoms with Gasteiger partial charge in [-0.05, 0) is 38.3 Å². The van der Waals surface area contributed by atoms with E-state index in [0.717, 1.165) is 37.2 Å². The second kappa shape index (κ2) is 9.53. The third-order valence-electron chi connectivity index (χ3n) is 3.69. The smallest absolute Gasteiger partial charge is 0.335 e. The molecule has 1 fully saturated rings. The number of carbonyl (C=O) groups is 1. The fraction of sp³-hybridized carbons (Fsp3) is 0.611. The normalized spacial score (nSPS) is 19.1. The number of hydrogen-bond donors (Lipinski definition) is 0. The molecule has 128 valence electrons. The number of ether oxygens (including phenoxy) is 4. The van der Waals surface area contributed by atoms with Crippen molar-refractivity contribution in [2.75, 3.05) is 19.8 Å². The number of carbonyl (C=O) groups excluding carboxylic acids is 1. The minimum Gasteiger partial charge on any atom is -0.465 e. The van der Waals surface area contributed by atoms with Gasteiger partial charge in [-0.15, -0.1) is 0 Å². The standard InChI is InChI=1S/C18H26O5/c1-3-20-16(18(19)21-4-2)13-14-9-5-6-10-15(14)23-17-11-7-8-12-22-17/h5-6,9-10,16-17H,3-4,7-8,11-13H2,1-2H3/t16-,17?/m0/s1. The number of hydrogen-bond acceptors (Lipinski definition) is 5. The molecule has 1 heterocycles. The SMILES string of the molecule is CCOC(=O)[C@H](Cc1ccccc1OC1CCCCO1)OCC. The lowest BCUT2D eigenvalue weighted by Gasteiger charge is -2.25. The Bertz CT molecular complexity index is 482. The van der Waals surface area contributed by atoms with E-state index in [4.69, 9.17) is 18.9 Å². The van der Waals surface area contributed by atoms with Gasteiger partial charge in [-0.3, -0.25) is 0 Å². The maximum Gasteiger partial charge on any atom is 0.335 e. The lowest BCUT2D eigenvalue weighted by Crippen LogP contribution is -2.30. The summed E-state index contributed by atoms with van der Waals surface area (Å²) in [5.41, 5.74) is 0.924. The van der Waals surface area contributed by atoms with Crippen LogP contribution in [0.5, 0.6) is 5.75 Å². The fourth-order valence-electron chi connectivity index (χ4n) is 2.58. The maximum atomic E-state index is 12.0. The van der Waals surface area contributed by atoms with E-state index in [9.17, 15) is 4.79 Å². The van der Waals surface area contributed by atoms with Gasteiger partial charge in [-0.25, -0.2) is 4.79 Å². The average Bonchev–Trinajstić information content (AvgIpc) is 2.57. The van der Waals surface area contributed by atoms with E-state index in [1.807, 2.05) is 31.2 Å². The topological polar surface area (TPSA) is 54.0 Å². The van der Waals surface area contributed by atoms with Crippen LogP contribution in [-0.4, -0.2) is 38.2 Å². The molecule has 1 aromatic rings. The lowest BCUT2D eigenvalue weighted by molar-refractivity contribution is -0.156. The number of benzene rings is 1. The maximum absolute atomic E-state index is 12.0. The van der Waals surface area contributed by atoms with E-state index in [-0.39, 0.29) is 12.3 Å². The summed E-state index contributed by atoms with van der Waals surface area (Å²) >= 11 is 0. The molecule has 5 nitrogen and oxygen atoms in total. The van der Waals surface area contributed by atoms with Crippen molar-refractivity contribution in [3.05, 3.63) is 29.8 Å². The summed E-state index contributed by atoms with van der Waals surface area (Å²) < 4.78 is 22.2. The highest BCUT2D eigenvalue weighted by atomic mass is 16.7. The molecule has 23 heavy (non-hydrogen) atoms. The number of para-hydroxylation sites is 1. The molecule has 1 aliphatic rings. The fourth-order valence-corrected chi connectivity index (χ4v) is 2.58. The van der Waals surface area contributed by atoms with E-state index in [0.29, 0.717) is 19.6 Å². The van der Waals surface area contributed by atoms with Gasteiger partial charge in [0, 0.05) is 19.4 Å². The van der Waals surface area contributed by atoms with Crippen LogP contribution in [0.3, 0.4) is 0 Å². The molecule has 0 radical (unpaired) electrons. The highest BCUT2D eigenvalue weighted by molar-refractivity contribution is 5.75. The molecule has 0 aliphatic carbocycles. The molecule has 1 aromatic carbocycles. The molecule has 0 N–H and O–H groups in total. The molecule has 2 rings (SSSR count). The van der Waals surface area contributed by atoms with Crippen molar-refractivity contribution in [1.29, 1.82) is 0 Å². The van der Waals surface area contributed by atoms with Gasteiger partial charge in [0.2, 0.25) is 0 Å². The lowest BCUT2D eigenvalue weighted by atomic mass is 10.1. The Morgan fingerprint density at radius 1 is 1.26 bits per heavy atom. The summed E-state index contributed by atoms with van der Waals surface area (Å²) in [7, 11) is 0. The highest BCUT2D eigenvalue weighted by Gasteiger charge is 2.23. The number of esters is 1. The molecule has 1 unspecified atom stereocenters. The van der Waals surface area contributed by atoms with E-state index in [2.05, 4.69) is 0 Å². The summed E-state index contributed by atoms with van der Waals surface area (Å²) in [5, 5.41) is 0. The van der Waals surface area contributed by atoms with Crippen molar-refractivity contribution in [2.24, 2.45) is 0 Å². The van der Waals surface area contributed by atoms with Crippen molar-refractivity contribution in [3.63, 3.8) is 0 Å². The Hall–Kier alpha value is -1.59. The van der Waals surface area contributed by atoms with Crippen molar-refractivity contribution in [3.8, 4) is 5.75 Å². The second-order valence-electron chi connectivity index (χ2n) is 5.42. The Balaban J connectivity index is 2.06. The van der Waals surface area contributed by atoms with Gasteiger partial charge in [0.15, 0.2) is 12.4 Å². The first-order valence-electron chi connectivity index (χ1n) is 8.39. The van der Waals surface area contributed by atoms with Gasteiger partial charge in [-0.2, -0.15) is 0 Å². The zero-order chi connectivity index (χ0) is 16.5. The largest absolute Gasteiger partial charge is 0.465 e. The first-order valence-corrected chi connectivity index (χ1v) is 8.39. The van der Waals surface area contributed by atoms with E-state index >= 15 is 0 Å². The van der Waals surface area contributed by atoms with Gasteiger partial charge in [0.25, 0.3) is 0 Å². The molecule has 2 atom stereocenters. The van der Waals surface area contributed by atoms with Crippen LogP contribution < -0.4 is 4.74 Å². The van der Waals surface area contributed by atoms with Crippen molar-refractivity contribution in [1.82, 2.24) is 0 Å². The first kappa shape index (κ1) is 17.8. The molecule has 0 bridgehead atoms. The molecule has 0 saturated carbocycles. The predicted molar refractivity (Wildman–Crippen MR) is 86.4 cm³/mol. The molecular weight excluding hydrogens is 296 g/mol. The highest BCUT2D eigenvalue weighted by Crippen LogP contribution is 2.25. The van der Waals surface area contributed by atoms with Crippen molar-refractivity contribution >= 4 is 5.97 Å². The van der Waals surface area contributed by atoms with Crippen LogP contribution in [0.4, 0.5) is 0 Å². The Labute approximate surface area is 137 Å². The molecule has 0 aromatic heterocycles. The van der Waals surface area contributed by atoms with Crippen LogP contribution in [0.15, 0.2) is 24.3 Å². The van der Waals surface area contributed by atoms with Crippen LogP contribution in [-0.2, 0) is 25.4 Å². The third-order valence-corrected chi connectivity index (χ3v) is 3.69. The zero-order valence-electron chi connectivity index (χ0n) is 14.0. The van der Waals surface area contributed by atoms with Gasteiger partial charge >= 0.3 is 5.97 Å². The van der Waals surface area contributed by atoms with Crippen LogP contribution in [0, 0.1) is 0 Å². The average molecular weight is 322 g/mol.